The molecule has 0 aromatic carbocycles. The second-order valence-corrected chi connectivity index (χ2v) is 6.55. The highest BCUT2D eigenvalue weighted by atomic mass is 16.5. The normalized spacial score (nSPS) is 21.6. The van der Waals surface area contributed by atoms with Gasteiger partial charge in [-0.05, 0) is 25.0 Å². The van der Waals surface area contributed by atoms with Gasteiger partial charge in [0.15, 0.2) is 5.96 Å². The Bertz CT molecular complexity index is 559. The minimum Gasteiger partial charge on any atom is -0.469 e. The average Bonchev–Trinajstić information content (AvgIpc) is 3.32. The molecule has 138 valence electrons. The van der Waals surface area contributed by atoms with E-state index in [1.807, 2.05) is 17.0 Å². The van der Waals surface area contributed by atoms with Crippen molar-refractivity contribution >= 4 is 11.9 Å². The minimum absolute atomic E-state index is 0.142. The molecule has 0 spiro atoms. The maximum absolute atomic E-state index is 11.5. The van der Waals surface area contributed by atoms with Crippen LogP contribution in [0.25, 0.3) is 0 Å². The van der Waals surface area contributed by atoms with Crippen molar-refractivity contribution in [3.8, 4) is 0 Å². The summed E-state index contributed by atoms with van der Waals surface area (Å²) in [4.78, 5) is 20.4. The van der Waals surface area contributed by atoms with Gasteiger partial charge in [-0.25, -0.2) is 0 Å². The zero-order valence-corrected chi connectivity index (χ0v) is 14.9. The zero-order valence-electron chi connectivity index (χ0n) is 14.9. The molecule has 1 N–H and O–H groups in total. The monoisotopic (exact) mass is 348 g/mol. The van der Waals surface area contributed by atoms with Crippen molar-refractivity contribution in [3.63, 3.8) is 0 Å². The molecule has 2 saturated heterocycles. The van der Waals surface area contributed by atoms with E-state index in [1.165, 1.54) is 0 Å². The number of hydrogen-bond donors (Lipinski definition) is 1. The van der Waals surface area contributed by atoms with E-state index in [-0.39, 0.29) is 12.0 Å². The van der Waals surface area contributed by atoms with Crippen LogP contribution in [0.15, 0.2) is 27.8 Å². The predicted octanol–water partition coefficient (Wildman–Crippen LogP) is 1.11. The number of carbonyl (C=O) groups excluding carboxylic acids is 1. The lowest BCUT2D eigenvalue weighted by Gasteiger charge is -2.36. The fraction of sp³-hybridized carbons (Fsp3) is 0.667. The van der Waals surface area contributed by atoms with Gasteiger partial charge >= 0.3 is 0 Å². The molecule has 2 aliphatic rings. The summed E-state index contributed by atoms with van der Waals surface area (Å²) in [6, 6.07) is 3.89. The number of piperazine rings is 1. The number of ether oxygens (including phenoxy) is 1. The minimum atomic E-state index is 0.142. The molecule has 0 bridgehead atoms. The molecule has 0 radical (unpaired) electrons. The Balaban J connectivity index is 1.55. The lowest BCUT2D eigenvalue weighted by atomic mass is 10.2. The number of carbonyl (C=O) groups is 1. The molecular weight excluding hydrogens is 320 g/mol. The predicted molar refractivity (Wildman–Crippen MR) is 95.5 cm³/mol. The van der Waals surface area contributed by atoms with Crippen molar-refractivity contribution in [1.29, 1.82) is 0 Å². The maximum atomic E-state index is 11.5. The second-order valence-electron chi connectivity index (χ2n) is 6.55. The highest BCUT2D eigenvalue weighted by Gasteiger charge is 2.22. The van der Waals surface area contributed by atoms with Crippen molar-refractivity contribution in [2.45, 2.75) is 32.3 Å². The molecule has 1 aromatic heterocycles. The van der Waals surface area contributed by atoms with Gasteiger partial charge in [-0.3, -0.25) is 9.79 Å². The van der Waals surface area contributed by atoms with Gasteiger partial charge in [0.2, 0.25) is 5.91 Å². The van der Waals surface area contributed by atoms with Gasteiger partial charge in [-0.1, -0.05) is 0 Å². The molecule has 25 heavy (non-hydrogen) atoms. The molecule has 1 aromatic rings. The summed E-state index contributed by atoms with van der Waals surface area (Å²) < 4.78 is 11.1. The van der Waals surface area contributed by atoms with Gasteiger partial charge in [0.1, 0.15) is 5.76 Å². The van der Waals surface area contributed by atoms with Crippen LogP contribution >= 0.6 is 0 Å². The van der Waals surface area contributed by atoms with Gasteiger partial charge in [0.05, 0.1) is 18.9 Å². The van der Waals surface area contributed by atoms with Gasteiger partial charge < -0.3 is 24.3 Å². The first-order valence-corrected chi connectivity index (χ1v) is 9.15. The van der Waals surface area contributed by atoms with E-state index < -0.39 is 0 Å². The van der Waals surface area contributed by atoms with Crippen LogP contribution < -0.4 is 5.32 Å². The Hall–Kier alpha value is -2.02. The number of aliphatic imine (C=N–C) groups is 1. The maximum Gasteiger partial charge on any atom is 0.219 e. The standard InChI is InChI=1S/C18H28N4O3/c1-15(23)21-8-10-22(11-9-21)18(20-14-17-5-3-13-25-17)19-7-6-16-4-2-12-24-16/h2,4,12,17H,3,5-11,13-14H2,1H3,(H,19,20). The molecule has 1 atom stereocenters. The topological polar surface area (TPSA) is 70.3 Å². The van der Waals surface area contributed by atoms with Crippen LogP contribution in [0, 0.1) is 0 Å². The average molecular weight is 348 g/mol. The van der Waals surface area contributed by atoms with Crippen LogP contribution in [0.3, 0.4) is 0 Å². The van der Waals surface area contributed by atoms with E-state index in [2.05, 4.69) is 10.2 Å². The molecule has 7 nitrogen and oxygen atoms in total. The lowest BCUT2D eigenvalue weighted by Crippen LogP contribution is -2.53. The Morgan fingerprint density at radius 3 is 2.76 bits per heavy atom. The Labute approximate surface area is 149 Å². The second kappa shape index (κ2) is 8.89. The number of nitrogens with zero attached hydrogens (tertiary/aromatic N) is 3. The first-order chi connectivity index (χ1) is 12.2. The smallest absolute Gasteiger partial charge is 0.219 e. The number of furan rings is 1. The molecule has 0 aliphatic carbocycles. The van der Waals surface area contributed by atoms with E-state index in [1.54, 1.807) is 13.2 Å². The van der Waals surface area contributed by atoms with Crippen LogP contribution in [0.2, 0.25) is 0 Å². The highest BCUT2D eigenvalue weighted by molar-refractivity contribution is 5.80. The molecule has 0 saturated carbocycles. The summed E-state index contributed by atoms with van der Waals surface area (Å²) in [5, 5.41) is 3.45. The quantitative estimate of drug-likeness (QED) is 0.638. The molecule has 1 amide bonds. The summed E-state index contributed by atoms with van der Waals surface area (Å²) in [6.07, 6.45) is 4.96. The van der Waals surface area contributed by atoms with E-state index in [0.717, 1.165) is 70.3 Å². The van der Waals surface area contributed by atoms with Gasteiger partial charge in [0.25, 0.3) is 0 Å². The van der Waals surface area contributed by atoms with Crippen LogP contribution in [0.1, 0.15) is 25.5 Å². The Kier molecular flexibility index (Phi) is 6.33. The number of nitrogens with one attached hydrogen (secondary N) is 1. The molecule has 3 rings (SSSR count). The molecular formula is C18H28N4O3. The first kappa shape index (κ1) is 17.8. The Morgan fingerprint density at radius 2 is 2.12 bits per heavy atom. The zero-order chi connectivity index (χ0) is 17.5. The van der Waals surface area contributed by atoms with Gasteiger partial charge in [-0.15, -0.1) is 0 Å². The van der Waals surface area contributed by atoms with Crippen molar-refractivity contribution in [2.24, 2.45) is 4.99 Å². The summed E-state index contributed by atoms with van der Waals surface area (Å²) in [5.41, 5.74) is 0. The van der Waals surface area contributed by atoms with E-state index in [0.29, 0.717) is 6.54 Å². The van der Waals surface area contributed by atoms with E-state index in [9.17, 15) is 4.79 Å². The summed E-state index contributed by atoms with van der Waals surface area (Å²) in [6.45, 7) is 7.03. The van der Waals surface area contributed by atoms with Crippen LogP contribution in [-0.2, 0) is 16.0 Å². The van der Waals surface area contributed by atoms with Crippen LogP contribution in [0.4, 0.5) is 0 Å². The number of amides is 1. The number of rotatable bonds is 5. The highest BCUT2D eigenvalue weighted by Crippen LogP contribution is 2.12. The molecule has 3 heterocycles. The van der Waals surface area contributed by atoms with Crippen molar-refractivity contribution < 1.29 is 13.9 Å². The Morgan fingerprint density at radius 1 is 1.32 bits per heavy atom. The van der Waals surface area contributed by atoms with Gasteiger partial charge in [0, 0.05) is 52.7 Å². The number of guanidine groups is 1. The van der Waals surface area contributed by atoms with E-state index in [4.69, 9.17) is 14.1 Å². The summed E-state index contributed by atoms with van der Waals surface area (Å²) >= 11 is 0. The number of hydrogen-bond acceptors (Lipinski definition) is 4. The third-order valence-electron chi connectivity index (χ3n) is 4.73. The summed E-state index contributed by atoms with van der Waals surface area (Å²) in [7, 11) is 0. The fourth-order valence-corrected chi connectivity index (χ4v) is 3.23. The fourth-order valence-electron chi connectivity index (χ4n) is 3.23. The van der Waals surface area contributed by atoms with Crippen molar-refractivity contribution in [2.75, 3.05) is 45.9 Å². The molecule has 1 unspecified atom stereocenters. The largest absolute Gasteiger partial charge is 0.469 e. The van der Waals surface area contributed by atoms with E-state index >= 15 is 0 Å². The van der Waals surface area contributed by atoms with Crippen molar-refractivity contribution in [1.82, 2.24) is 15.1 Å². The molecule has 2 fully saturated rings. The summed E-state index contributed by atoms with van der Waals surface area (Å²) in [5.74, 6) is 2.01. The first-order valence-electron chi connectivity index (χ1n) is 9.15. The lowest BCUT2D eigenvalue weighted by molar-refractivity contribution is -0.130. The SMILES string of the molecule is CC(=O)N1CCN(C(=NCC2CCCO2)NCCc2ccco2)CC1. The van der Waals surface area contributed by atoms with Crippen LogP contribution in [0.5, 0.6) is 0 Å². The van der Waals surface area contributed by atoms with Crippen molar-refractivity contribution in [3.05, 3.63) is 24.2 Å². The van der Waals surface area contributed by atoms with Crippen LogP contribution in [-0.4, -0.2) is 73.6 Å². The third-order valence-corrected chi connectivity index (χ3v) is 4.73. The molecule has 7 heteroatoms. The van der Waals surface area contributed by atoms with Gasteiger partial charge in [-0.2, -0.15) is 0 Å². The molecule has 2 aliphatic heterocycles. The third kappa shape index (κ3) is 5.22.